The van der Waals surface area contributed by atoms with Gasteiger partial charge in [0.15, 0.2) is 0 Å². The lowest BCUT2D eigenvalue weighted by Crippen LogP contribution is -2.28. The molecule has 0 saturated heterocycles. The molecule has 33 heavy (non-hydrogen) atoms. The molecule has 174 valence electrons. The summed E-state index contributed by atoms with van der Waals surface area (Å²) in [6, 6.07) is 7.31. The molecule has 1 atom stereocenters. The SMILES string of the molecule is CCC(=O)Nc1ccc(C(C)NC(=O)CSCc2nc3sc4c(c3c(=O)[nH]2)CCCC4)cc1. The van der Waals surface area contributed by atoms with Crippen molar-refractivity contribution in [1.29, 1.82) is 0 Å². The number of thiophene rings is 1. The number of carbonyl (C=O) groups is 2. The molecule has 0 spiro atoms. The highest BCUT2D eigenvalue weighted by Gasteiger charge is 2.20. The molecule has 2 aromatic heterocycles. The van der Waals surface area contributed by atoms with Crippen LogP contribution in [-0.2, 0) is 28.2 Å². The number of aryl methyl sites for hydroxylation is 2. The fourth-order valence-electron chi connectivity index (χ4n) is 3.99. The van der Waals surface area contributed by atoms with Crippen LogP contribution >= 0.6 is 23.1 Å². The second-order valence-corrected chi connectivity index (χ2v) is 10.3. The molecule has 0 radical (unpaired) electrons. The number of carbonyl (C=O) groups excluding carboxylic acids is 2. The summed E-state index contributed by atoms with van der Waals surface area (Å²) in [5, 5.41) is 6.56. The first kappa shape index (κ1) is 23.5. The zero-order valence-corrected chi connectivity index (χ0v) is 20.5. The van der Waals surface area contributed by atoms with Gasteiger partial charge in [-0.15, -0.1) is 23.1 Å². The van der Waals surface area contributed by atoms with E-state index in [0.29, 0.717) is 18.0 Å². The third-order valence-corrected chi connectivity index (χ3v) is 7.87. The van der Waals surface area contributed by atoms with Gasteiger partial charge in [-0.3, -0.25) is 14.4 Å². The van der Waals surface area contributed by atoms with Crippen LogP contribution in [0.5, 0.6) is 0 Å². The summed E-state index contributed by atoms with van der Waals surface area (Å²) < 4.78 is 0. The van der Waals surface area contributed by atoms with E-state index in [1.165, 1.54) is 28.6 Å². The number of rotatable bonds is 8. The minimum absolute atomic E-state index is 0.0326. The second kappa shape index (κ2) is 10.5. The molecule has 2 amide bonds. The fourth-order valence-corrected chi connectivity index (χ4v) is 5.97. The monoisotopic (exact) mass is 484 g/mol. The summed E-state index contributed by atoms with van der Waals surface area (Å²) in [4.78, 5) is 46.2. The van der Waals surface area contributed by atoms with E-state index in [1.54, 1.807) is 18.3 Å². The Morgan fingerprint density at radius 1 is 1.18 bits per heavy atom. The molecular formula is C24H28N4O3S2. The Morgan fingerprint density at radius 2 is 1.94 bits per heavy atom. The number of aromatic amines is 1. The van der Waals surface area contributed by atoms with Crippen molar-refractivity contribution in [1.82, 2.24) is 15.3 Å². The number of thioether (sulfide) groups is 1. The molecular weight excluding hydrogens is 456 g/mol. The lowest BCUT2D eigenvalue weighted by atomic mass is 9.97. The summed E-state index contributed by atoms with van der Waals surface area (Å²) in [6.45, 7) is 3.73. The average molecular weight is 485 g/mol. The van der Waals surface area contributed by atoms with Crippen LogP contribution in [-0.4, -0.2) is 27.5 Å². The van der Waals surface area contributed by atoms with E-state index >= 15 is 0 Å². The molecule has 9 heteroatoms. The van der Waals surface area contributed by atoms with Crippen LogP contribution in [0.25, 0.3) is 10.2 Å². The highest BCUT2D eigenvalue weighted by atomic mass is 32.2. The van der Waals surface area contributed by atoms with E-state index in [1.807, 2.05) is 31.2 Å². The normalized spacial score (nSPS) is 14.0. The molecule has 1 unspecified atom stereocenters. The van der Waals surface area contributed by atoms with Crippen molar-refractivity contribution in [3.05, 3.63) is 56.4 Å². The van der Waals surface area contributed by atoms with Crippen LogP contribution in [0, 0.1) is 0 Å². The van der Waals surface area contributed by atoms with Crippen LogP contribution in [0.1, 0.15) is 61.0 Å². The second-order valence-electron chi connectivity index (χ2n) is 8.21. The smallest absolute Gasteiger partial charge is 0.259 e. The molecule has 0 bridgehead atoms. The predicted molar refractivity (Wildman–Crippen MR) is 135 cm³/mol. The topological polar surface area (TPSA) is 104 Å². The number of anilines is 1. The average Bonchev–Trinajstić information content (AvgIpc) is 3.18. The molecule has 1 aromatic carbocycles. The first-order valence-electron chi connectivity index (χ1n) is 11.2. The number of hydrogen-bond donors (Lipinski definition) is 3. The Hall–Kier alpha value is -2.65. The number of nitrogens with zero attached hydrogens (tertiary/aromatic N) is 1. The van der Waals surface area contributed by atoms with Gasteiger partial charge < -0.3 is 15.6 Å². The molecule has 7 nitrogen and oxygen atoms in total. The molecule has 3 N–H and O–H groups in total. The lowest BCUT2D eigenvalue weighted by Gasteiger charge is -2.15. The summed E-state index contributed by atoms with van der Waals surface area (Å²) in [6.07, 6.45) is 4.73. The number of hydrogen-bond acceptors (Lipinski definition) is 6. The lowest BCUT2D eigenvalue weighted by molar-refractivity contribution is -0.119. The van der Waals surface area contributed by atoms with Crippen LogP contribution < -0.4 is 16.2 Å². The molecule has 3 aromatic rings. The van der Waals surface area contributed by atoms with Crippen molar-refractivity contribution < 1.29 is 9.59 Å². The molecule has 1 aliphatic carbocycles. The third-order valence-electron chi connectivity index (χ3n) is 5.74. The summed E-state index contributed by atoms with van der Waals surface area (Å²) in [5.74, 6) is 1.25. The van der Waals surface area contributed by atoms with E-state index in [9.17, 15) is 14.4 Å². The number of fused-ring (bicyclic) bond motifs is 3. The summed E-state index contributed by atoms with van der Waals surface area (Å²) in [5.41, 5.74) is 2.82. The van der Waals surface area contributed by atoms with Gasteiger partial charge in [0.05, 0.1) is 22.9 Å². The standard InChI is InChI=1S/C24H28N4O3S2/c1-3-20(29)26-16-10-8-15(9-11-16)14(2)25-21(30)13-32-12-19-27-23(31)22-17-6-4-5-7-18(17)33-24(22)28-19/h8-11,14H,3-7,12-13H2,1-2H3,(H,25,30)(H,26,29)(H,27,28,31). The number of amides is 2. The van der Waals surface area contributed by atoms with Crippen LogP contribution in [0.4, 0.5) is 5.69 Å². The molecule has 1 aliphatic rings. The number of benzene rings is 1. The fraction of sp³-hybridized carbons (Fsp3) is 0.417. The number of H-pyrrole nitrogens is 1. The van der Waals surface area contributed by atoms with Gasteiger partial charge in [0.2, 0.25) is 11.8 Å². The third kappa shape index (κ3) is 5.65. The van der Waals surface area contributed by atoms with Crippen molar-refractivity contribution in [3.8, 4) is 0 Å². The first-order valence-corrected chi connectivity index (χ1v) is 13.2. The Morgan fingerprint density at radius 3 is 2.70 bits per heavy atom. The van der Waals surface area contributed by atoms with Gasteiger partial charge >= 0.3 is 0 Å². The summed E-state index contributed by atoms with van der Waals surface area (Å²) in [7, 11) is 0. The minimum atomic E-state index is -0.152. The van der Waals surface area contributed by atoms with E-state index in [4.69, 9.17) is 0 Å². The van der Waals surface area contributed by atoms with Gasteiger partial charge in [-0.25, -0.2) is 4.98 Å². The predicted octanol–water partition coefficient (Wildman–Crippen LogP) is 4.32. The Kier molecular flexibility index (Phi) is 7.49. The first-order chi connectivity index (χ1) is 15.9. The molecule has 0 aliphatic heterocycles. The maximum atomic E-state index is 12.6. The number of nitrogens with one attached hydrogen (secondary N) is 3. The zero-order valence-electron chi connectivity index (χ0n) is 18.8. The van der Waals surface area contributed by atoms with Crippen molar-refractivity contribution in [2.45, 2.75) is 57.7 Å². The maximum Gasteiger partial charge on any atom is 0.259 e. The Balaban J connectivity index is 1.30. The van der Waals surface area contributed by atoms with Gasteiger partial charge in [-0.05, 0) is 55.9 Å². The quantitative estimate of drug-likeness (QED) is 0.442. The van der Waals surface area contributed by atoms with E-state index in [-0.39, 0.29) is 29.2 Å². The van der Waals surface area contributed by atoms with E-state index in [2.05, 4.69) is 20.6 Å². The highest BCUT2D eigenvalue weighted by Crippen LogP contribution is 2.33. The van der Waals surface area contributed by atoms with Crippen molar-refractivity contribution in [2.24, 2.45) is 0 Å². The maximum absolute atomic E-state index is 12.6. The van der Waals surface area contributed by atoms with Gasteiger partial charge in [-0.1, -0.05) is 19.1 Å². The van der Waals surface area contributed by atoms with Gasteiger partial charge in [0, 0.05) is 17.0 Å². The van der Waals surface area contributed by atoms with Gasteiger partial charge in [0.1, 0.15) is 10.7 Å². The minimum Gasteiger partial charge on any atom is -0.349 e. The van der Waals surface area contributed by atoms with Crippen molar-refractivity contribution in [3.63, 3.8) is 0 Å². The summed E-state index contributed by atoms with van der Waals surface area (Å²) >= 11 is 3.06. The van der Waals surface area contributed by atoms with Gasteiger partial charge in [-0.2, -0.15) is 0 Å². The van der Waals surface area contributed by atoms with Gasteiger partial charge in [0.25, 0.3) is 5.56 Å². The Labute approximate surface area is 200 Å². The molecule has 4 rings (SSSR count). The number of aromatic nitrogens is 2. The highest BCUT2D eigenvalue weighted by molar-refractivity contribution is 7.99. The van der Waals surface area contributed by atoms with Crippen molar-refractivity contribution in [2.75, 3.05) is 11.1 Å². The molecule has 0 fully saturated rings. The zero-order chi connectivity index (χ0) is 23.4. The van der Waals surface area contributed by atoms with Crippen LogP contribution in [0.2, 0.25) is 0 Å². The molecule has 2 heterocycles. The van der Waals surface area contributed by atoms with E-state index in [0.717, 1.165) is 40.7 Å². The van der Waals surface area contributed by atoms with E-state index < -0.39 is 0 Å². The van der Waals surface area contributed by atoms with Crippen molar-refractivity contribution >= 4 is 50.8 Å². The van der Waals surface area contributed by atoms with Crippen LogP contribution in [0.15, 0.2) is 29.1 Å². The largest absolute Gasteiger partial charge is 0.349 e. The van der Waals surface area contributed by atoms with Crippen LogP contribution in [0.3, 0.4) is 0 Å². The molecule has 0 saturated carbocycles. The Bertz CT molecular complexity index is 1220.